The van der Waals surface area contributed by atoms with Crippen LogP contribution in [0, 0.1) is 0 Å². The minimum Gasteiger partial charge on any atom is -0.484 e. The summed E-state index contributed by atoms with van der Waals surface area (Å²) in [5, 5.41) is 1.43. The molecule has 0 atom stereocenters. The number of carbonyl (C=O) groups excluding carboxylic acids is 1. The second kappa shape index (κ2) is 5.61. The highest BCUT2D eigenvalue weighted by Gasteiger charge is 2.18. The zero-order chi connectivity index (χ0) is 13.1. The first-order valence-corrected chi connectivity index (χ1v) is 7.01. The molecule has 1 aliphatic heterocycles. The van der Waals surface area contributed by atoms with Crippen molar-refractivity contribution in [2.75, 3.05) is 19.8 Å². The Kier molecular flexibility index (Phi) is 3.69. The van der Waals surface area contributed by atoms with Crippen LogP contribution < -0.4 is 4.74 Å². The average molecular weight is 261 g/mol. The number of rotatable bonds is 3. The van der Waals surface area contributed by atoms with Crippen LogP contribution in [0.4, 0.5) is 0 Å². The van der Waals surface area contributed by atoms with Gasteiger partial charge in [0.2, 0.25) is 0 Å². The van der Waals surface area contributed by atoms with Crippen LogP contribution in [0.2, 0.25) is 0 Å². The molecule has 1 aromatic rings. The van der Waals surface area contributed by atoms with Crippen LogP contribution in [0.15, 0.2) is 18.2 Å². The Bertz CT molecular complexity index is 466. The number of nitrogens with zero attached hydrogens (tertiary/aromatic N) is 1. The molecule has 0 spiro atoms. The van der Waals surface area contributed by atoms with E-state index >= 15 is 0 Å². The number of hydrogen-bond acceptors (Lipinski definition) is 3. The lowest BCUT2D eigenvalue weighted by Crippen LogP contribution is -2.38. The van der Waals surface area contributed by atoms with Gasteiger partial charge >= 0.3 is 0 Å². The SMILES string of the molecule is O=C(COc1ccc2c(c1)CCC2)N1CCCCO1. The second-order valence-electron chi connectivity index (χ2n) is 5.11. The fraction of sp³-hybridized carbons (Fsp3) is 0.533. The van der Waals surface area contributed by atoms with Gasteiger partial charge in [-0.2, -0.15) is 0 Å². The van der Waals surface area contributed by atoms with Gasteiger partial charge in [0.1, 0.15) is 5.75 Å². The standard InChI is InChI=1S/C15H19NO3/c17-15(16-8-1-2-9-19-16)11-18-14-7-6-12-4-3-5-13(12)10-14/h6-7,10H,1-5,8-9,11H2. The van der Waals surface area contributed by atoms with Gasteiger partial charge in [-0.25, -0.2) is 5.06 Å². The molecule has 102 valence electrons. The Morgan fingerprint density at radius 1 is 1.21 bits per heavy atom. The van der Waals surface area contributed by atoms with Gasteiger partial charge in [0.05, 0.1) is 6.61 Å². The van der Waals surface area contributed by atoms with E-state index in [0.29, 0.717) is 13.2 Å². The summed E-state index contributed by atoms with van der Waals surface area (Å²) in [6, 6.07) is 6.13. The third kappa shape index (κ3) is 2.89. The minimum atomic E-state index is -0.0970. The van der Waals surface area contributed by atoms with Crippen LogP contribution >= 0.6 is 0 Å². The molecule has 0 bridgehead atoms. The predicted octanol–water partition coefficient (Wildman–Crippen LogP) is 2.11. The maximum atomic E-state index is 11.9. The Hall–Kier alpha value is -1.55. The van der Waals surface area contributed by atoms with E-state index in [-0.39, 0.29) is 12.5 Å². The largest absolute Gasteiger partial charge is 0.484 e. The van der Waals surface area contributed by atoms with Gasteiger partial charge < -0.3 is 4.74 Å². The highest BCUT2D eigenvalue weighted by Crippen LogP contribution is 2.26. The summed E-state index contributed by atoms with van der Waals surface area (Å²) in [5.41, 5.74) is 2.78. The van der Waals surface area contributed by atoms with Crippen molar-refractivity contribution in [2.24, 2.45) is 0 Å². The van der Waals surface area contributed by atoms with E-state index in [1.807, 2.05) is 6.07 Å². The lowest BCUT2D eigenvalue weighted by molar-refractivity contribution is -0.198. The topological polar surface area (TPSA) is 38.8 Å². The number of benzene rings is 1. The summed E-state index contributed by atoms with van der Waals surface area (Å²) in [6.45, 7) is 1.36. The number of hydroxylamine groups is 2. The Morgan fingerprint density at radius 2 is 2.11 bits per heavy atom. The highest BCUT2D eigenvalue weighted by molar-refractivity contribution is 5.76. The second-order valence-corrected chi connectivity index (χ2v) is 5.11. The van der Waals surface area contributed by atoms with Crippen LogP contribution in [0.3, 0.4) is 0 Å². The minimum absolute atomic E-state index is 0.0544. The number of aryl methyl sites for hydroxylation is 2. The van der Waals surface area contributed by atoms with E-state index in [2.05, 4.69) is 12.1 Å². The van der Waals surface area contributed by atoms with Gasteiger partial charge in [-0.1, -0.05) is 6.07 Å². The zero-order valence-corrected chi connectivity index (χ0v) is 11.1. The van der Waals surface area contributed by atoms with Gasteiger partial charge in [0.15, 0.2) is 6.61 Å². The number of hydrogen-bond donors (Lipinski definition) is 0. The van der Waals surface area contributed by atoms with E-state index in [1.165, 1.54) is 22.6 Å². The molecular weight excluding hydrogens is 242 g/mol. The van der Waals surface area contributed by atoms with E-state index in [1.54, 1.807) is 0 Å². The molecule has 4 nitrogen and oxygen atoms in total. The Balaban J connectivity index is 1.55. The van der Waals surface area contributed by atoms with Crippen molar-refractivity contribution in [3.63, 3.8) is 0 Å². The molecule has 19 heavy (non-hydrogen) atoms. The summed E-state index contributed by atoms with van der Waals surface area (Å²) in [6.07, 6.45) is 5.53. The van der Waals surface area contributed by atoms with Gasteiger partial charge in [-0.3, -0.25) is 9.63 Å². The smallest absolute Gasteiger partial charge is 0.283 e. The molecule has 1 heterocycles. The maximum Gasteiger partial charge on any atom is 0.283 e. The van der Waals surface area contributed by atoms with Crippen molar-refractivity contribution >= 4 is 5.91 Å². The van der Waals surface area contributed by atoms with Crippen molar-refractivity contribution < 1.29 is 14.4 Å². The summed E-state index contributed by atoms with van der Waals surface area (Å²) < 4.78 is 5.58. The fourth-order valence-electron chi connectivity index (χ4n) is 2.65. The fourth-order valence-corrected chi connectivity index (χ4v) is 2.65. The van der Waals surface area contributed by atoms with Gasteiger partial charge in [-0.05, 0) is 55.4 Å². The normalized spacial score (nSPS) is 18.2. The van der Waals surface area contributed by atoms with Crippen LogP contribution in [-0.4, -0.2) is 30.7 Å². The summed E-state index contributed by atoms with van der Waals surface area (Å²) >= 11 is 0. The molecule has 2 aliphatic rings. The molecule has 1 aliphatic carbocycles. The van der Waals surface area contributed by atoms with E-state index < -0.39 is 0 Å². The molecule has 4 heteroatoms. The first-order chi connectivity index (χ1) is 9.33. The third-order valence-corrected chi connectivity index (χ3v) is 3.71. The maximum absolute atomic E-state index is 11.9. The van der Waals surface area contributed by atoms with Crippen LogP contribution in [0.1, 0.15) is 30.4 Å². The van der Waals surface area contributed by atoms with Crippen molar-refractivity contribution in [3.8, 4) is 5.75 Å². The van der Waals surface area contributed by atoms with Gasteiger partial charge in [0, 0.05) is 6.54 Å². The highest BCUT2D eigenvalue weighted by atomic mass is 16.7. The van der Waals surface area contributed by atoms with Crippen molar-refractivity contribution in [2.45, 2.75) is 32.1 Å². The molecule has 1 fully saturated rings. The lowest BCUT2D eigenvalue weighted by Gasteiger charge is -2.25. The molecule has 1 amide bonds. The third-order valence-electron chi connectivity index (χ3n) is 3.71. The quantitative estimate of drug-likeness (QED) is 0.836. The van der Waals surface area contributed by atoms with Crippen LogP contribution in [-0.2, 0) is 22.5 Å². The van der Waals surface area contributed by atoms with Crippen LogP contribution in [0.25, 0.3) is 0 Å². The molecule has 0 unspecified atom stereocenters. The average Bonchev–Trinajstić information content (AvgIpc) is 2.93. The Labute approximate surface area is 113 Å². The first kappa shape index (κ1) is 12.5. The zero-order valence-electron chi connectivity index (χ0n) is 11.1. The van der Waals surface area contributed by atoms with Crippen molar-refractivity contribution in [1.29, 1.82) is 0 Å². The monoisotopic (exact) mass is 261 g/mol. The van der Waals surface area contributed by atoms with Gasteiger partial charge in [0.25, 0.3) is 5.91 Å². The molecule has 0 saturated carbocycles. The van der Waals surface area contributed by atoms with E-state index in [0.717, 1.165) is 31.4 Å². The lowest BCUT2D eigenvalue weighted by atomic mass is 10.1. The molecule has 1 saturated heterocycles. The number of carbonyl (C=O) groups is 1. The molecule has 0 radical (unpaired) electrons. The Morgan fingerprint density at radius 3 is 2.95 bits per heavy atom. The predicted molar refractivity (Wildman–Crippen MR) is 70.9 cm³/mol. The molecule has 0 aromatic heterocycles. The number of amides is 1. The molecule has 3 rings (SSSR count). The van der Waals surface area contributed by atoms with E-state index in [9.17, 15) is 4.79 Å². The number of fused-ring (bicyclic) bond motifs is 1. The summed E-state index contributed by atoms with van der Waals surface area (Å²) in [7, 11) is 0. The van der Waals surface area contributed by atoms with E-state index in [4.69, 9.17) is 9.57 Å². The molecular formula is C15H19NO3. The van der Waals surface area contributed by atoms with Gasteiger partial charge in [-0.15, -0.1) is 0 Å². The van der Waals surface area contributed by atoms with Crippen molar-refractivity contribution in [3.05, 3.63) is 29.3 Å². The first-order valence-electron chi connectivity index (χ1n) is 7.01. The summed E-state index contributed by atoms with van der Waals surface area (Å²) in [4.78, 5) is 17.2. The van der Waals surface area contributed by atoms with Crippen LogP contribution in [0.5, 0.6) is 5.75 Å². The molecule has 0 N–H and O–H groups in total. The molecule has 1 aromatic carbocycles. The number of ether oxygens (including phenoxy) is 1. The van der Waals surface area contributed by atoms with Crippen molar-refractivity contribution in [1.82, 2.24) is 5.06 Å². The summed E-state index contributed by atoms with van der Waals surface area (Å²) in [5.74, 6) is 0.686.